The second-order valence-electron chi connectivity index (χ2n) is 5.38. The van der Waals surface area contributed by atoms with Crippen molar-refractivity contribution in [1.29, 1.82) is 0 Å². The van der Waals surface area contributed by atoms with Crippen LogP contribution >= 0.6 is 23.1 Å². The number of amides is 1. The SMILES string of the molecule is Cn1c(/C=C2\SC(=Nc3nc4ccccc4s3)NC2=O)ccc1[N+](=O)[O-]. The molecule has 0 radical (unpaired) electrons. The molecule has 1 fully saturated rings. The van der Waals surface area contributed by atoms with Crippen LogP contribution in [0.15, 0.2) is 46.3 Å². The Bertz CT molecular complexity index is 1080. The summed E-state index contributed by atoms with van der Waals surface area (Å²) >= 11 is 2.62. The van der Waals surface area contributed by atoms with E-state index in [1.54, 1.807) is 19.2 Å². The maximum Gasteiger partial charge on any atom is 0.323 e. The highest BCUT2D eigenvalue weighted by atomic mass is 32.2. The number of nitro groups is 1. The topological polar surface area (TPSA) is 102 Å². The van der Waals surface area contributed by atoms with Gasteiger partial charge in [-0.15, -0.1) is 0 Å². The van der Waals surface area contributed by atoms with Crippen LogP contribution in [0.1, 0.15) is 5.69 Å². The van der Waals surface area contributed by atoms with Crippen molar-refractivity contribution in [3.8, 4) is 0 Å². The maximum absolute atomic E-state index is 12.2. The molecule has 130 valence electrons. The van der Waals surface area contributed by atoms with Gasteiger partial charge in [-0.25, -0.2) is 9.55 Å². The van der Waals surface area contributed by atoms with Gasteiger partial charge in [0.15, 0.2) is 5.17 Å². The Labute approximate surface area is 155 Å². The second kappa shape index (κ2) is 6.39. The van der Waals surface area contributed by atoms with Crippen molar-refractivity contribution in [2.75, 3.05) is 0 Å². The van der Waals surface area contributed by atoms with Crippen LogP contribution in [0.5, 0.6) is 0 Å². The van der Waals surface area contributed by atoms with E-state index in [4.69, 9.17) is 0 Å². The van der Waals surface area contributed by atoms with Crippen LogP contribution in [-0.2, 0) is 11.8 Å². The van der Waals surface area contributed by atoms with Gasteiger partial charge < -0.3 is 15.4 Å². The smallest absolute Gasteiger partial charge is 0.323 e. The van der Waals surface area contributed by atoms with Gasteiger partial charge in [0.25, 0.3) is 5.91 Å². The molecule has 0 unspecified atom stereocenters. The van der Waals surface area contributed by atoms with Crippen LogP contribution in [0.2, 0.25) is 0 Å². The van der Waals surface area contributed by atoms with Crippen molar-refractivity contribution in [1.82, 2.24) is 14.9 Å². The lowest BCUT2D eigenvalue weighted by atomic mass is 10.3. The average Bonchev–Trinajstić information content (AvgIpc) is 3.26. The third-order valence-electron chi connectivity index (χ3n) is 3.73. The number of benzene rings is 1. The Morgan fingerprint density at radius 3 is 2.85 bits per heavy atom. The van der Waals surface area contributed by atoms with Crippen LogP contribution in [0.3, 0.4) is 0 Å². The van der Waals surface area contributed by atoms with Gasteiger partial charge >= 0.3 is 5.82 Å². The minimum atomic E-state index is -0.468. The zero-order chi connectivity index (χ0) is 18.3. The minimum Gasteiger partial charge on any atom is -0.358 e. The molecule has 10 heteroatoms. The maximum atomic E-state index is 12.2. The van der Waals surface area contributed by atoms with Crippen LogP contribution < -0.4 is 5.32 Å². The highest BCUT2D eigenvalue weighted by Crippen LogP contribution is 2.32. The molecule has 26 heavy (non-hydrogen) atoms. The Hall–Kier alpha value is -2.98. The monoisotopic (exact) mass is 385 g/mol. The molecule has 1 saturated heterocycles. The quantitative estimate of drug-likeness (QED) is 0.423. The molecular weight excluding hydrogens is 374 g/mol. The average molecular weight is 385 g/mol. The number of fused-ring (bicyclic) bond motifs is 1. The molecule has 0 bridgehead atoms. The molecule has 0 spiro atoms. The van der Waals surface area contributed by atoms with Crippen molar-refractivity contribution in [2.45, 2.75) is 0 Å². The van der Waals surface area contributed by atoms with E-state index in [1.165, 1.54) is 33.7 Å². The second-order valence-corrected chi connectivity index (χ2v) is 7.42. The molecule has 1 N–H and O–H groups in total. The number of carbonyl (C=O) groups is 1. The zero-order valence-corrected chi connectivity index (χ0v) is 15.0. The lowest BCUT2D eigenvalue weighted by Crippen LogP contribution is -2.19. The Balaban J connectivity index is 1.61. The largest absolute Gasteiger partial charge is 0.358 e. The first-order valence-electron chi connectivity index (χ1n) is 7.46. The lowest BCUT2D eigenvalue weighted by Gasteiger charge is -1.96. The number of aliphatic imine (C=N–C) groups is 1. The molecule has 3 heterocycles. The lowest BCUT2D eigenvalue weighted by molar-refractivity contribution is -0.391. The molecule has 0 aliphatic carbocycles. The fourth-order valence-electron chi connectivity index (χ4n) is 2.45. The van der Waals surface area contributed by atoms with Gasteiger partial charge in [0.05, 0.1) is 22.2 Å². The van der Waals surface area contributed by atoms with Gasteiger partial charge in [-0.05, 0) is 34.9 Å². The van der Waals surface area contributed by atoms with Gasteiger partial charge in [0.1, 0.15) is 5.69 Å². The number of nitrogens with zero attached hydrogens (tertiary/aromatic N) is 4. The molecule has 0 saturated carbocycles. The molecule has 1 aliphatic heterocycles. The molecule has 2 aromatic heterocycles. The summed E-state index contributed by atoms with van der Waals surface area (Å²) in [6.07, 6.45) is 1.61. The minimum absolute atomic E-state index is 0.0383. The summed E-state index contributed by atoms with van der Waals surface area (Å²) in [4.78, 5) is 31.8. The molecule has 4 rings (SSSR count). The van der Waals surface area contributed by atoms with E-state index in [0.717, 1.165) is 10.2 Å². The Morgan fingerprint density at radius 1 is 1.31 bits per heavy atom. The number of hydrogen-bond acceptors (Lipinski definition) is 7. The third-order valence-corrected chi connectivity index (χ3v) is 5.57. The summed E-state index contributed by atoms with van der Waals surface area (Å²) in [5.74, 6) is -0.331. The number of aromatic nitrogens is 2. The van der Waals surface area contributed by atoms with E-state index in [2.05, 4.69) is 15.3 Å². The highest BCUT2D eigenvalue weighted by Gasteiger charge is 2.26. The molecule has 1 aliphatic rings. The molecular formula is C16H11N5O3S2. The van der Waals surface area contributed by atoms with Crippen LogP contribution in [0.4, 0.5) is 10.9 Å². The summed E-state index contributed by atoms with van der Waals surface area (Å²) in [7, 11) is 1.58. The van der Waals surface area contributed by atoms with Crippen molar-refractivity contribution >= 4 is 61.4 Å². The standard InChI is InChI=1S/C16H11N5O3S2/c1-20-9(6-7-13(20)21(23)24)8-12-14(22)18-16(26-12)19-15-17-10-4-2-3-5-11(10)25-15/h2-8H,1H3,(H,17,18,19,22)/b12-8-. The number of rotatable bonds is 3. The molecule has 8 nitrogen and oxygen atoms in total. The first-order chi connectivity index (χ1) is 12.5. The number of thioether (sulfide) groups is 1. The van der Waals surface area contributed by atoms with E-state index in [-0.39, 0.29) is 11.7 Å². The van der Waals surface area contributed by atoms with Gasteiger partial charge in [0.2, 0.25) is 5.13 Å². The van der Waals surface area contributed by atoms with Gasteiger partial charge in [-0.3, -0.25) is 4.79 Å². The molecule has 3 aromatic rings. The van der Waals surface area contributed by atoms with E-state index in [1.807, 2.05) is 24.3 Å². The summed E-state index contributed by atoms with van der Waals surface area (Å²) in [6.45, 7) is 0. The number of nitrogens with one attached hydrogen (secondary N) is 1. The summed E-state index contributed by atoms with van der Waals surface area (Å²) in [5, 5.41) is 14.6. The normalized spacial score (nSPS) is 17.3. The van der Waals surface area contributed by atoms with E-state index >= 15 is 0 Å². The first-order valence-corrected chi connectivity index (χ1v) is 9.10. The number of thiazole rings is 1. The van der Waals surface area contributed by atoms with Crippen LogP contribution in [0, 0.1) is 10.1 Å². The van der Waals surface area contributed by atoms with Crippen molar-refractivity contribution in [2.24, 2.45) is 12.0 Å². The highest BCUT2D eigenvalue weighted by molar-refractivity contribution is 8.18. The van der Waals surface area contributed by atoms with E-state index < -0.39 is 4.92 Å². The Morgan fingerprint density at radius 2 is 2.12 bits per heavy atom. The van der Waals surface area contributed by atoms with E-state index in [0.29, 0.717) is 20.9 Å². The first kappa shape index (κ1) is 16.5. The zero-order valence-electron chi connectivity index (χ0n) is 13.4. The summed E-state index contributed by atoms with van der Waals surface area (Å²) in [6, 6.07) is 10.7. The van der Waals surface area contributed by atoms with Gasteiger partial charge in [-0.1, -0.05) is 23.5 Å². The molecule has 0 atom stereocenters. The molecule has 1 amide bonds. The predicted molar refractivity (Wildman–Crippen MR) is 102 cm³/mol. The Kier molecular flexibility index (Phi) is 4.05. The van der Waals surface area contributed by atoms with Gasteiger partial charge in [0, 0.05) is 12.1 Å². The number of para-hydroxylation sites is 1. The van der Waals surface area contributed by atoms with Gasteiger partial charge in [-0.2, -0.15) is 4.99 Å². The van der Waals surface area contributed by atoms with Crippen molar-refractivity contribution in [3.63, 3.8) is 0 Å². The predicted octanol–water partition coefficient (Wildman–Crippen LogP) is 3.43. The number of hydrogen-bond donors (Lipinski definition) is 1. The third kappa shape index (κ3) is 3.00. The van der Waals surface area contributed by atoms with E-state index in [9.17, 15) is 14.9 Å². The van der Waals surface area contributed by atoms with Crippen molar-refractivity contribution in [3.05, 3.63) is 57.1 Å². The fourth-order valence-corrected chi connectivity index (χ4v) is 4.16. The van der Waals surface area contributed by atoms with Crippen LogP contribution in [-0.4, -0.2) is 25.5 Å². The van der Waals surface area contributed by atoms with Crippen molar-refractivity contribution < 1.29 is 9.72 Å². The summed E-state index contributed by atoms with van der Waals surface area (Å²) < 4.78 is 2.44. The fraction of sp³-hybridized carbons (Fsp3) is 0.0625. The van der Waals surface area contributed by atoms with Crippen LogP contribution in [0.25, 0.3) is 16.3 Å². The summed E-state index contributed by atoms with van der Waals surface area (Å²) in [5.41, 5.74) is 1.42. The molecule has 1 aromatic carbocycles. The number of amidine groups is 1. The number of carbonyl (C=O) groups excluding carboxylic acids is 1.